The van der Waals surface area contributed by atoms with Gasteiger partial charge in [0.2, 0.25) is 0 Å². The Morgan fingerprint density at radius 1 is 1.44 bits per heavy atom. The zero-order valence-electron chi connectivity index (χ0n) is 10.7. The van der Waals surface area contributed by atoms with Crippen LogP contribution in [0.3, 0.4) is 0 Å². The molecule has 0 aliphatic carbocycles. The second-order valence-electron chi connectivity index (χ2n) is 5.19. The lowest BCUT2D eigenvalue weighted by Crippen LogP contribution is -2.43. The first kappa shape index (κ1) is 14.0. The molecule has 1 saturated heterocycles. The fraction of sp³-hybridized carbons (Fsp3) is 0.571. The van der Waals surface area contributed by atoms with E-state index >= 15 is 0 Å². The normalized spacial score (nSPS) is 25.3. The molecule has 100 valence electrons. The van der Waals surface area contributed by atoms with Gasteiger partial charge in [-0.3, -0.25) is 4.90 Å². The Morgan fingerprint density at radius 2 is 2.22 bits per heavy atom. The number of hydrogen-bond acceptors (Lipinski definition) is 2. The molecule has 0 bridgehead atoms. The van der Waals surface area contributed by atoms with E-state index in [0.717, 1.165) is 29.7 Å². The molecule has 0 radical (unpaired) electrons. The van der Waals surface area contributed by atoms with E-state index < -0.39 is 0 Å². The maximum absolute atomic E-state index is 13.1. The summed E-state index contributed by atoms with van der Waals surface area (Å²) >= 11 is 3.43. The van der Waals surface area contributed by atoms with Crippen LogP contribution in [0.1, 0.15) is 25.3 Å². The van der Waals surface area contributed by atoms with Gasteiger partial charge in [-0.1, -0.05) is 22.0 Å². The van der Waals surface area contributed by atoms with Crippen LogP contribution in [0.4, 0.5) is 4.39 Å². The summed E-state index contributed by atoms with van der Waals surface area (Å²) in [6.07, 6.45) is 2.42. The van der Waals surface area contributed by atoms with Crippen molar-refractivity contribution in [3.63, 3.8) is 0 Å². The van der Waals surface area contributed by atoms with Crippen LogP contribution >= 0.6 is 15.9 Å². The third-order valence-corrected chi connectivity index (χ3v) is 4.57. The van der Waals surface area contributed by atoms with Crippen molar-refractivity contribution in [2.24, 2.45) is 11.7 Å². The predicted molar refractivity (Wildman–Crippen MR) is 75.8 cm³/mol. The molecule has 1 aliphatic rings. The molecule has 1 fully saturated rings. The van der Waals surface area contributed by atoms with E-state index in [-0.39, 0.29) is 5.82 Å². The molecule has 2 rings (SSSR count). The minimum absolute atomic E-state index is 0.197. The fourth-order valence-electron chi connectivity index (χ4n) is 2.54. The lowest BCUT2D eigenvalue weighted by Gasteiger charge is -2.37. The monoisotopic (exact) mass is 314 g/mol. The van der Waals surface area contributed by atoms with Crippen LogP contribution in [-0.2, 0) is 6.54 Å². The van der Waals surface area contributed by atoms with Gasteiger partial charge in [-0.2, -0.15) is 0 Å². The van der Waals surface area contributed by atoms with Crippen molar-refractivity contribution in [1.29, 1.82) is 0 Å². The highest BCUT2D eigenvalue weighted by molar-refractivity contribution is 9.10. The Kier molecular flexibility index (Phi) is 4.76. The summed E-state index contributed by atoms with van der Waals surface area (Å²) in [6, 6.07) is 5.49. The zero-order chi connectivity index (χ0) is 13.1. The summed E-state index contributed by atoms with van der Waals surface area (Å²) in [5.41, 5.74) is 6.91. The second-order valence-corrected chi connectivity index (χ2v) is 6.05. The average molecular weight is 315 g/mol. The molecule has 2 unspecified atom stereocenters. The molecule has 1 aromatic rings. The number of benzene rings is 1. The van der Waals surface area contributed by atoms with Crippen molar-refractivity contribution in [2.75, 3.05) is 13.1 Å². The van der Waals surface area contributed by atoms with Gasteiger partial charge < -0.3 is 5.73 Å². The number of nitrogens with two attached hydrogens (primary N) is 1. The molecule has 2 atom stereocenters. The number of hydrogen-bond donors (Lipinski definition) is 1. The van der Waals surface area contributed by atoms with Gasteiger partial charge in [-0.15, -0.1) is 0 Å². The molecule has 0 aromatic heterocycles. The molecular formula is C14H20BrFN2. The van der Waals surface area contributed by atoms with E-state index in [1.54, 1.807) is 0 Å². The van der Waals surface area contributed by atoms with Gasteiger partial charge >= 0.3 is 0 Å². The Bertz CT molecular complexity index is 411. The van der Waals surface area contributed by atoms with Crippen LogP contribution in [0.15, 0.2) is 22.7 Å². The van der Waals surface area contributed by atoms with Crippen molar-refractivity contribution in [3.05, 3.63) is 34.1 Å². The maximum Gasteiger partial charge on any atom is 0.124 e. The van der Waals surface area contributed by atoms with Crippen molar-refractivity contribution in [1.82, 2.24) is 4.90 Å². The van der Waals surface area contributed by atoms with Gasteiger partial charge in [-0.05, 0) is 49.9 Å². The molecule has 4 heteroatoms. The minimum atomic E-state index is -0.197. The van der Waals surface area contributed by atoms with Gasteiger partial charge in [0.15, 0.2) is 0 Å². The van der Waals surface area contributed by atoms with E-state index in [1.165, 1.54) is 25.0 Å². The smallest absolute Gasteiger partial charge is 0.124 e. The topological polar surface area (TPSA) is 29.3 Å². The third-order valence-electron chi connectivity index (χ3n) is 3.83. The average Bonchev–Trinajstić information content (AvgIpc) is 2.35. The molecule has 1 aromatic carbocycles. The van der Waals surface area contributed by atoms with Gasteiger partial charge in [0, 0.05) is 23.6 Å². The summed E-state index contributed by atoms with van der Waals surface area (Å²) in [4.78, 5) is 2.44. The van der Waals surface area contributed by atoms with Gasteiger partial charge in [0.25, 0.3) is 0 Å². The van der Waals surface area contributed by atoms with E-state index in [4.69, 9.17) is 5.73 Å². The van der Waals surface area contributed by atoms with Crippen LogP contribution in [0.25, 0.3) is 0 Å². The zero-order valence-corrected chi connectivity index (χ0v) is 12.3. The standard InChI is InChI=1S/C14H20BrFN2/c1-10-2-3-11(7-17)8-18(10)9-12-4-5-13(16)6-14(12)15/h4-6,10-11H,2-3,7-9,17H2,1H3. The summed E-state index contributed by atoms with van der Waals surface area (Å²) in [5, 5.41) is 0. The molecule has 18 heavy (non-hydrogen) atoms. The summed E-state index contributed by atoms with van der Waals surface area (Å²) < 4.78 is 13.9. The SMILES string of the molecule is CC1CCC(CN)CN1Cc1ccc(F)cc1Br. The first-order valence-electron chi connectivity index (χ1n) is 6.48. The molecule has 0 amide bonds. The molecular weight excluding hydrogens is 295 g/mol. The maximum atomic E-state index is 13.1. The summed E-state index contributed by atoms with van der Waals surface area (Å²) in [7, 11) is 0. The van der Waals surface area contributed by atoms with Crippen molar-refractivity contribution in [2.45, 2.75) is 32.4 Å². The lowest BCUT2D eigenvalue weighted by atomic mass is 9.93. The number of halogens is 2. The van der Waals surface area contributed by atoms with E-state index in [2.05, 4.69) is 27.8 Å². The summed E-state index contributed by atoms with van der Waals surface area (Å²) in [6.45, 7) is 4.91. The first-order valence-corrected chi connectivity index (χ1v) is 7.27. The molecule has 2 N–H and O–H groups in total. The number of rotatable bonds is 3. The predicted octanol–water partition coefficient (Wildman–Crippen LogP) is 3.15. The Hall–Kier alpha value is -0.450. The van der Waals surface area contributed by atoms with Crippen LogP contribution in [0.5, 0.6) is 0 Å². The number of likely N-dealkylation sites (tertiary alicyclic amines) is 1. The lowest BCUT2D eigenvalue weighted by molar-refractivity contribution is 0.113. The Morgan fingerprint density at radius 3 is 2.89 bits per heavy atom. The van der Waals surface area contributed by atoms with Gasteiger partial charge in [0.05, 0.1) is 0 Å². The molecule has 1 aliphatic heterocycles. The number of piperidine rings is 1. The van der Waals surface area contributed by atoms with Gasteiger partial charge in [-0.25, -0.2) is 4.39 Å². The minimum Gasteiger partial charge on any atom is -0.330 e. The quantitative estimate of drug-likeness (QED) is 0.928. The molecule has 2 nitrogen and oxygen atoms in total. The van der Waals surface area contributed by atoms with Crippen LogP contribution in [0.2, 0.25) is 0 Å². The van der Waals surface area contributed by atoms with E-state index in [1.807, 2.05) is 6.07 Å². The number of nitrogens with zero attached hydrogens (tertiary/aromatic N) is 1. The second kappa shape index (κ2) is 6.13. The van der Waals surface area contributed by atoms with Gasteiger partial charge in [0.1, 0.15) is 5.82 Å². The van der Waals surface area contributed by atoms with E-state index in [9.17, 15) is 4.39 Å². The third kappa shape index (κ3) is 3.31. The Balaban J connectivity index is 2.07. The van der Waals surface area contributed by atoms with Crippen LogP contribution in [-0.4, -0.2) is 24.0 Å². The summed E-state index contributed by atoms with van der Waals surface area (Å²) in [5.74, 6) is 0.401. The first-order chi connectivity index (χ1) is 8.60. The molecule has 0 spiro atoms. The fourth-order valence-corrected chi connectivity index (χ4v) is 3.02. The molecule has 1 heterocycles. The van der Waals surface area contributed by atoms with Crippen molar-refractivity contribution in [3.8, 4) is 0 Å². The highest BCUT2D eigenvalue weighted by Gasteiger charge is 2.24. The highest BCUT2D eigenvalue weighted by atomic mass is 79.9. The largest absolute Gasteiger partial charge is 0.330 e. The van der Waals surface area contributed by atoms with Crippen LogP contribution in [0, 0.1) is 11.7 Å². The van der Waals surface area contributed by atoms with Crippen LogP contribution < -0.4 is 5.73 Å². The van der Waals surface area contributed by atoms with Crippen molar-refractivity contribution < 1.29 is 4.39 Å². The Labute approximate surface area is 116 Å². The molecule has 0 saturated carbocycles. The highest BCUT2D eigenvalue weighted by Crippen LogP contribution is 2.26. The van der Waals surface area contributed by atoms with Crippen molar-refractivity contribution >= 4 is 15.9 Å². The van der Waals surface area contributed by atoms with E-state index in [0.29, 0.717) is 12.0 Å².